The summed E-state index contributed by atoms with van der Waals surface area (Å²) in [5.74, 6) is -1.51. The van der Waals surface area contributed by atoms with Gasteiger partial charge in [0.15, 0.2) is 36.3 Å². The Morgan fingerprint density at radius 3 is 2.47 bits per heavy atom. The Labute approximate surface area is 333 Å². The van der Waals surface area contributed by atoms with Crippen molar-refractivity contribution in [2.75, 3.05) is 44.9 Å². The molecular weight excluding hydrogens is 832 g/mol. The Hall–Kier alpha value is -4.27. The molecule has 2 unspecified atom stereocenters. The number of aliphatic hydroxyl groups is 1. The number of nitrogens with two attached hydrogens (primary N) is 2. The molecule has 0 bridgehead atoms. The number of aromatic nitrogens is 6. The predicted molar refractivity (Wildman–Crippen MR) is 196 cm³/mol. The molecule has 3 fully saturated rings. The number of nitrogen functional groups attached to an aromatic ring is 2. The van der Waals surface area contributed by atoms with E-state index in [0.29, 0.717) is 25.9 Å². The van der Waals surface area contributed by atoms with Crippen molar-refractivity contribution in [3.05, 3.63) is 48.1 Å². The number of amides is 1. The number of carbonyl (C=O) groups excluding carboxylic acids is 2. The van der Waals surface area contributed by atoms with Crippen LogP contribution >= 0.6 is 15.6 Å². The molecule has 0 saturated carbocycles. The van der Waals surface area contributed by atoms with Gasteiger partial charge < -0.3 is 59.8 Å². The summed E-state index contributed by atoms with van der Waals surface area (Å²) in [7, 11) is -9.15. The van der Waals surface area contributed by atoms with Gasteiger partial charge in [-0.25, -0.2) is 28.9 Å². The number of ether oxygens (including phenoxy) is 5. The first-order valence-corrected chi connectivity index (χ1v) is 20.9. The molecule has 3 saturated heterocycles. The number of anilines is 2. The normalized spacial score (nSPS) is 28.1. The highest BCUT2D eigenvalue weighted by atomic mass is 31.2. The number of allylic oxidation sites excluding steroid dienone is 1. The summed E-state index contributed by atoms with van der Waals surface area (Å²) in [6, 6.07) is 1.25. The number of fused-ring (bicyclic) bond motifs is 1. The van der Waals surface area contributed by atoms with Crippen LogP contribution in [0.1, 0.15) is 38.1 Å². The summed E-state index contributed by atoms with van der Waals surface area (Å²) < 4.78 is 72.4. The van der Waals surface area contributed by atoms with Crippen molar-refractivity contribution in [1.82, 2.24) is 34.0 Å². The number of hydrogen-bond donors (Lipinski definition) is 6. The van der Waals surface area contributed by atoms with Crippen LogP contribution in [0.15, 0.2) is 42.4 Å². The molecule has 0 aromatic carbocycles. The number of rotatable bonds is 18. The Morgan fingerprint density at radius 1 is 1.05 bits per heavy atom. The smallest absolute Gasteiger partial charge is 0.455 e. The highest BCUT2D eigenvalue weighted by molar-refractivity contribution is 7.47. The van der Waals surface area contributed by atoms with Crippen molar-refractivity contribution < 1.29 is 75.8 Å². The van der Waals surface area contributed by atoms with E-state index in [1.165, 1.54) is 36.3 Å². The molecule has 3 aromatic rings. The van der Waals surface area contributed by atoms with E-state index in [4.69, 9.17) is 44.2 Å². The van der Waals surface area contributed by atoms with E-state index in [0.717, 1.165) is 15.8 Å². The Morgan fingerprint density at radius 2 is 1.78 bits per heavy atom. The van der Waals surface area contributed by atoms with E-state index in [-0.39, 0.29) is 29.2 Å². The van der Waals surface area contributed by atoms with Crippen molar-refractivity contribution >= 4 is 50.3 Å². The number of phosphoric acid groups is 2. The van der Waals surface area contributed by atoms with Gasteiger partial charge in [0.2, 0.25) is 5.91 Å². The van der Waals surface area contributed by atoms with Crippen LogP contribution in [0.4, 0.5) is 11.6 Å². The molecular formula is C31H43N9O17P2. The zero-order valence-electron chi connectivity index (χ0n) is 31.2. The molecule has 3 aliphatic heterocycles. The van der Waals surface area contributed by atoms with Crippen molar-refractivity contribution in [3.63, 3.8) is 0 Å². The summed E-state index contributed by atoms with van der Waals surface area (Å²) in [4.78, 5) is 85.5. The second kappa shape index (κ2) is 18.6. The summed E-state index contributed by atoms with van der Waals surface area (Å²) >= 11 is 0. The summed E-state index contributed by atoms with van der Waals surface area (Å²) in [6.45, 7) is 1.47. The molecule has 0 radical (unpaired) electrons. The van der Waals surface area contributed by atoms with E-state index in [1.807, 2.05) is 0 Å². The largest absolute Gasteiger partial charge is 0.472 e. The van der Waals surface area contributed by atoms with Gasteiger partial charge in [0.05, 0.1) is 19.5 Å². The van der Waals surface area contributed by atoms with Crippen LogP contribution in [0.25, 0.3) is 11.2 Å². The van der Waals surface area contributed by atoms with E-state index in [9.17, 15) is 43.3 Å². The Kier molecular flexibility index (Phi) is 13.9. The second-order valence-corrected chi connectivity index (χ2v) is 16.1. The second-order valence-electron chi connectivity index (χ2n) is 13.4. The lowest BCUT2D eigenvalue weighted by Crippen LogP contribution is -2.42. The number of aliphatic hydroxyl groups excluding tert-OH is 1. The molecule has 6 heterocycles. The molecule has 26 nitrogen and oxygen atoms in total. The average Bonchev–Trinajstić information content (AvgIpc) is 3.97. The van der Waals surface area contributed by atoms with Crippen LogP contribution in [-0.2, 0) is 56.0 Å². The number of hydrogen-bond acceptors (Lipinski definition) is 20. The molecule has 3 aromatic heterocycles. The molecule has 59 heavy (non-hydrogen) atoms. The monoisotopic (exact) mass is 875 g/mol. The quantitative estimate of drug-likeness (QED) is 0.0500. The molecule has 3 aliphatic rings. The topological polar surface area (TPSA) is 357 Å². The zero-order chi connectivity index (χ0) is 42.6. The van der Waals surface area contributed by atoms with E-state index >= 15 is 0 Å². The van der Waals surface area contributed by atoms with Gasteiger partial charge in [0, 0.05) is 32.7 Å². The molecule has 1 amide bonds. The molecule has 0 spiro atoms. The maximum atomic E-state index is 13.8. The van der Waals surface area contributed by atoms with E-state index in [2.05, 4.69) is 31.0 Å². The lowest BCUT2D eigenvalue weighted by atomic mass is 10.1. The number of esters is 1. The van der Waals surface area contributed by atoms with Crippen LogP contribution in [0.2, 0.25) is 0 Å². The minimum atomic E-state index is -5.36. The van der Waals surface area contributed by atoms with Crippen LogP contribution in [0.5, 0.6) is 0 Å². The number of likely N-dealkylation sites (N-methyl/N-ethyl adjacent to an activating group) is 1. The molecule has 28 heteroatoms. The highest BCUT2D eigenvalue weighted by Gasteiger charge is 2.54. The minimum absolute atomic E-state index is 0.00793. The van der Waals surface area contributed by atoms with Gasteiger partial charge in [0.25, 0.3) is 0 Å². The van der Waals surface area contributed by atoms with Gasteiger partial charge in [-0.2, -0.15) is 4.98 Å². The van der Waals surface area contributed by atoms with Crippen LogP contribution < -0.4 is 17.2 Å². The third-order valence-electron chi connectivity index (χ3n) is 9.26. The van der Waals surface area contributed by atoms with E-state index in [1.54, 1.807) is 0 Å². The van der Waals surface area contributed by atoms with Crippen LogP contribution in [0.3, 0.4) is 0 Å². The van der Waals surface area contributed by atoms with Gasteiger partial charge in [0.1, 0.15) is 54.7 Å². The molecule has 10 atom stereocenters. The standard InChI is InChI=1S/C31H43N9O17P2/c1-3-4-6-19(41)38(2)11-20(42)55-24-16(53-29(23(24)43)40-15-36-22-27(33)34-14-35-28(22)40)13-52-59(48,49)57-25-17(12-51-58(45,46)47)54-30(26(25)56-21-7-5-10-50-21)39-9-8-18(32)37-31(39)44/h3,8-9,14-17,21,23-26,29-30,43H,1,4-7,10-13H2,2H3,(H,48,49)(H2,32,37,44)(H2,33,34,35)(H2,45,46,47)/t16-,17-,21?,23-,24-,25-,26-,29-,30-/m1/s1. The minimum Gasteiger partial charge on any atom is -0.455 e. The van der Waals surface area contributed by atoms with Gasteiger partial charge in [-0.15, -0.1) is 6.58 Å². The number of nitrogens with zero attached hydrogens (tertiary/aromatic N) is 7. The SMILES string of the molecule is C=CCCC(=O)N(C)CC(=O)O[C@H]1[C@@H](O)[C@H](n2cnc3c(N)ncnc32)O[C@@H]1COP(=O)(O)O[C@H]1[C@@H](OC2CCCO2)[C@H](n2ccc(N)nc2=O)O[C@@H]1COP(=O)(O)O. The fourth-order valence-electron chi connectivity index (χ4n) is 6.48. The predicted octanol–water partition coefficient (Wildman–Crippen LogP) is -1.13. The first-order chi connectivity index (χ1) is 27.9. The third kappa shape index (κ3) is 10.7. The van der Waals surface area contributed by atoms with Crippen molar-refractivity contribution in [3.8, 4) is 0 Å². The number of carbonyl (C=O) groups is 2. The number of imidazole rings is 1. The van der Waals surface area contributed by atoms with E-state index < -0.39 is 108 Å². The van der Waals surface area contributed by atoms with Gasteiger partial charge in [-0.05, 0) is 18.9 Å². The highest BCUT2D eigenvalue weighted by Crippen LogP contribution is 2.51. The third-order valence-corrected chi connectivity index (χ3v) is 10.7. The fourth-order valence-corrected chi connectivity index (χ4v) is 7.78. The van der Waals surface area contributed by atoms with Crippen LogP contribution in [0, 0.1) is 0 Å². The summed E-state index contributed by atoms with van der Waals surface area (Å²) in [6.07, 6.45) is -7.08. The maximum Gasteiger partial charge on any atom is 0.472 e. The summed E-state index contributed by atoms with van der Waals surface area (Å²) in [5, 5.41) is 11.5. The summed E-state index contributed by atoms with van der Waals surface area (Å²) in [5.41, 5.74) is 10.9. The lowest BCUT2D eigenvalue weighted by molar-refractivity contribution is -0.181. The number of phosphoric ester groups is 2. The lowest BCUT2D eigenvalue weighted by Gasteiger charge is -2.28. The Bertz CT molecular complexity index is 2150. The molecule has 6 rings (SSSR count). The first-order valence-electron chi connectivity index (χ1n) is 17.9. The fraction of sp³-hybridized carbons (Fsp3) is 0.581. The Balaban J connectivity index is 1.25. The average molecular weight is 876 g/mol. The van der Waals surface area contributed by atoms with Gasteiger partial charge in [-0.3, -0.25) is 32.3 Å². The first kappa shape index (κ1) is 44.3. The van der Waals surface area contributed by atoms with Crippen LogP contribution in [-0.4, -0.2) is 142 Å². The van der Waals surface area contributed by atoms with Crippen molar-refractivity contribution in [1.29, 1.82) is 0 Å². The molecule has 0 aliphatic carbocycles. The maximum absolute atomic E-state index is 13.8. The van der Waals surface area contributed by atoms with Crippen molar-refractivity contribution in [2.45, 2.75) is 81.1 Å². The molecule has 8 N–H and O–H groups in total. The zero-order valence-corrected chi connectivity index (χ0v) is 33.0. The molecule has 324 valence electrons. The van der Waals surface area contributed by atoms with Gasteiger partial charge >= 0.3 is 27.3 Å². The van der Waals surface area contributed by atoms with Crippen molar-refractivity contribution in [2.24, 2.45) is 0 Å². The van der Waals surface area contributed by atoms with Gasteiger partial charge in [-0.1, -0.05) is 6.08 Å².